The number of fused-ring (bicyclic) bond motifs is 1. The zero-order valence-electron chi connectivity index (χ0n) is 12.8. The molecule has 0 aliphatic heterocycles. The number of aromatic nitrogens is 1. The minimum absolute atomic E-state index is 0.0606. The Morgan fingerprint density at radius 1 is 1.08 bits per heavy atom. The van der Waals surface area contributed by atoms with Crippen molar-refractivity contribution < 1.29 is 9.85 Å². The fourth-order valence-corrected chi connectivity index (χ4v) is 2.95. The van der Waals surface area contributed by atoms with Crippen LogP contribution in [-0.2, 0) is 0 Å². The summed E-state index contributed by atoms with van der Waals surface area (Å²) in [5.74, 6) is 0. The minimum atomic E-state index is -0.698. The van der Waals surface area contributed by atoms with Crippen LogP contribution in [0.25, 0.3) is 10.2 Å². The summed E-state index contributed by atoms with van der Waals surface area (Å²) in [5, 5.41) is 30.2. The van der Waals surface area contributed by atoms with E-state index in [4.69, 9.17) is 0 Å². The molecule has 1 heterocycles. The topological polar surface area (TPSA) is 124 Å². The molecule has 25 heavy (non-hydrogen) atoms. The van der Waals surface area contributed by atoms with Crippen molar-refractivity contribution in [3.8, 4) is 0 Å². The molecule has 0 saturated heterocycles. The van der Waals surface area contributed by atoms with Crippen LogP contribution in [0.2, 0.25) is 0 Å². The van der Waals surface area contributed by atoms with Crippen molar-refractivity contribution in [2.75, 3.05) is 0 Å². The highest BCUT2D eigenvalue weighted by Crippen LogP contribution is 2.37. The van der Waals surface area contributed by atoms with E-state index in [0.29, 0.717) is 10.4 Å². The number of rotatable bonds is 5. The highest BCUT2D eigenvalue weighted by Gasteiger charge is 2.22. The maximum Gasteiger partial charge on any atom is 0.303 e. The second kappa shape index (κ2) is 6.69. The van der Waals surface area contributed by atoms with Crippen molar-refractivity contribution in [3.63, 3.8) is 0 Å². The van der Waals surface area contributed by atoms with E-state index in [1.54, 1.807) is 12.1 Å². The summed E-state index contributed by atoms with van der Waals surface area (Å²) in [6, 6.07) is 9.44. The average molecular weight is 356 g/mol. The van der Waals surface area contributed by atoms with E-state index in [1.165, 1.54) is 6.07 Å². The maximum absolute atomic E-state index is 11.1. The van der Waals surface area contributed by atoms with Crippen LogP contribution in [0.3, 0.4) is 0 Å². The molecule has 2 aromatic carbocycles. The molecule has 0 spiro atoms. The first-order valence-corrected chi connectivity index (χ1v) is 7.84. The molecule has 3 aromatic rings. The summed E-state index contributed by atoms with van der Waals surface area (Å²) in [6.45, 7) is 1.92. The number of nitro benzene ring substituents is 2. The van der Waals surface area contributed by atoms with Gasteiger partial charge in [0.2, 0.25) is 5.13 Å². The summed E-state index contributed by atoms with van der Waals surface area (Å²) < 4.78 is 0.311. The third-order valence-corrected chi connectivity index (χ3v) is 4.22. The summed E-state index contributed by atoms with van der Waals surface area (Å²) in [5.41, 5.74) is 0.917. The lowest BCUT2D eigenvalue weighted by Gasteiger charge is -1.95. The van der Waals surface area contributed by atoms with Gasteiger partial charge in [-0.15, -0.1) is 10.2 Å². The van der Waals surface area contributed by atoms with Gasteiger partial charge in [-0.2, -0.15) is 0 Å². The van der Waals surface area contributed by atoms with Gasteiger partial charge in [0.1, 0.15) is 0 Å². The number of hydrogen-bond donors (Lipinski definition) is 0. The number of nitrogens with zero attached hydrogens (tertiary/aromatic N) is 5. The summed E-state index contributed by atoms with van der Waals surface area (Å²) in [4.78, 5) is 24.7. The SMILES string of the molecule is C[CH]c1ccc(N=Nc2nc3c([N+](=O)[O-])cc([N+](=O)[O-])cc3s2)cc1. The Labute approximate surface area is 145 Å². The largest absolute Gasteiger partial charge is 0.303 e. The first-order valence-electron chi connectivity index (χ1n) is 7.02. The third kappa shape index (κ3) is 3.48. The molecular formula is C15H10N5O4S. The Morgan fingerprint density at radius 3 is 2.40 bits per heavy atom. The molecule has 1 aromatic heterocycles. The Hall–Kier alpha value is -3.27. The number of benzene rings is 2. The van der Waals surface area contributed by atoms with Gasteiger partial charge in [0, 0.05) is 6.07 Å². The van der Waals surface area contributed by atoms with Crippen molar-refractivity contribution >= 4 is 43.7 Å². The Morgan fingerprint density at radius 2 is 1.80 bits per heavy atom. The molecule has 10 heteroatoms. The van der Waals surface area contributed by atoms with Crippen molar-refractivity contribution in [2.45, 2.75) is 6.92 Å². The zero-order chi connectivity index (χ0) is 18.0. The van der Waals surface area contributed by atoms with E-state index in [0.717, 1.165) is 23.0 Å². The van der Waals surface area contributed by atoms with Crippen LogP contribution in [0, 0.1) is 26.6 Å². The molecule has 0 fully saturated rings. The van der Waals surface area contributed by atoms with Crippen molar-refractivity contribution in [3.05, 3.63) is 68.6 Å². The summed E-state index contributed by atoms with van der Waals surface area (Å²) >= 11 is 1.00. The van der Waals surface area contributed by atoms with Crippen LogP contribution in [0.5, 0.6) is 0 Å². The minimum Gasteiger partial charge on any atom is -0.258 e. The van der Waals surface area contributed by atoms with Gasteiger partial charge in [-0.25, -0.2) is 4.98 Å². The third-order valence-electron chi connectivity index (χ3n) is 3.33. The van der Waals surface area contributed by atoms with Crippen molar-refractivity contribution in [2.24, 2.45) is 10.2 Å². The van der Waals surface area contributed by atoms with Gasteiger partial charge in [0.15, 0.2) is 5.52 Å². The summed E-state index contributed by atoms with van der Waals surface area (Å²) in [7, 11) is 0. The predicted octanol–water partition coefficient (Wildman–Crippen LogP) is 5.10. The van der Waals surface area contributed by atoms with Crippen molar-refractivity contribution in [1.29, 1.82) is 0 Å². The van der Waals surface area contributed by atoms with Gasteiger partial charge in [-0.3, -0.25) is 20.2 Å². The van der Waals surface area contributed by atoms with E-state index in [-0.39, 0.29) is 16.3 Å². The van der Waals surface area contributed by atoms with Crippen LogP contribution < -0.4 is 0 Å². The maximum atomic E-state index is 11.1. The predicted molar refractivity (Wildman–Crippen MR) is 92.6 cm³/mol. The normalized spacial score (nSPS) is 11.2. The Kier molecular flexibility index (Phi) is 4.44. The highest BCUT2D eigenvalue weighted by molar-refractivity contribution is 7.22. The van der Waals surface area contributed by atoms with E-state index in [9.17, 15) is 20.2 Å². The quantitative estimate of drug-likeness (QED) is 0.357. The molecule has 125 valence electrons. The number of non-ortho nitro benzene ring substituents is 2. The van der Waals surface area contributed by atoms with Gasteiger partial charge in [0.25, 0.3) is 5.69 Å². The Bertz CT molecular complexity index is 997. The molecule has 0 saturated carbocycles. The molecule has 0 aliphatic rings. The van der Waals surface area contributed by atoms with E-state index < -0.39 is 15.5 Å². The summed E-state index contributed by atoms with van der Waals surface area (Å²) in [6.07, 6.45) is 1.94. The van der Waals surface area contributed by atoms with Gasteiger partial charge >= 0.3 is 5.69 Å². The van der Waals surface area contributed by atoms with Crippen LogP contribution in [0.4, 0.5) is 22.2 Å². The molecule has 0 aliphatic carbocycles. The van der Waals surface area contributed by atoms with Crippen LogP contribution in [0.15, 0.2) is 46.6 Å². The fourth-order valence-electron chi connectivity index (χ4n) is 2.11. The van der Waals surface area contributed by atoms with Gasteiger partial charge < -0.3 is 0 Å². The molecule has 3 rings (SSSR count). The monoisotopic (exact) mass is 356 g/mol. The number of hydrogen-bond acceptors (Lipinski definition) is 8. The molecule has 9 nitrogen and oxygen atoms in total. The van der Waals surface area contributed by atoms with Crippen molar-refractivity contribution in [1.82, 2.24) is 4.98 Å². The lowest BCUT2D eigenvalue weighted by atomic mass is 10.2. The van der Waals surface area contributed by atoms with E-state index in [1.807, 2.05) is 25.5 Å². The van der Waals surface area contributed by atoms with E-state index in [2.05, 4.69) is 15.2 Å². The second-order valence-corrected chi connectivity index (χ2v) is 5.91. The first kappa shape index (κ1) is 16.6. The first-order chi connectivity index (χ1) is 12.0. The van der Waals surface area contributed by atoms with Gasteiger partial charge in [0.05, 0.1) is 26.3 Å². The molecule has 0 amide bonds. The number of azo groups is 1. The molecular weight excluding hydrogens is 346 g/mol. The highest BCUT2D eigenvalue weighted by atomic mass is 32.1. The van der Waals surface area contributed by atoms with Crippen LogP contribution >= 0.6 is 11.3 Å². The lowest BCUT2D eigenvalue weighted by Crippen LogP contribution is -1.93. The molecule has 0 atom stereocenters. The van der Waals surface area contributed by atoms with E-state index >= 15 is 0 Å². The standard InChI is InChI=1S/C15H10N5O4S/c1-2-9-3-5-10(6-4-9)17-18-15-16-14-12(20(23)24)7-11(19(21)22)8-13(14)25-15/h2-8H,1H3. The molecule has 0 bridgehead atoms. The average Bonchev–Trinajstić information content (AvgIpc) is 3.02. The molecule has 0 unspecified atom stereocenters. The van der Waals surface area contributed by atoms with Gasteiger partial charge in [-0.05, 0) is 24.1 Å². The second-order valence-electron chi connectivity index (χ2n) is 4.90. The molecule has 1 radical (unpaired) electrons. The van der Waals surface area contributed by atoms with Crippen LogP contribution in [-0.4, -0.2) is 14.8 Å². The Balaban J connectivity index is 1.99. The molecule has 0 N–H and O–H groups in total. The smallest absolute Gasteiger partial charge is 0.258 e. The van der Waals surface area contributed by atoms with Gasteiger partial charge in [-0.1, -0.05) is 30.4 Å². The number of thiazole rings is 1. The lowest BCUT2D eigenvalue weighted by molar-refractivity contribution is -0.393. The van der Waals surface area contributed by atoms with Crippen LogP contribution in [0.1, 0.15) is 12.5 Å². The number of nitro groups is 2. The zero-order valence-corrected chi connectivity index (χ0v) is 13.6. The fraction of sp³-hybridized carbons (Fsp3) is 0.0667.